The van der Waals surface area contributed by atoms with E-state index in [0.29, 0.717) is 12.5 Å². The molecule has 0 saturated carbocycles. The van der Waals surface area contributed by atoms with E-state index in [1.165, 1.54) is 58.5 Å². The van der Waals surface area contributed by atoms with E-state index in [4.69, 9.17) is 0 Å². The highest BCUT2D eigenvalue weighted by Gasteiger charge is 2.21. The summed E-state index contributed by atoms with van der Waals surface area (Å²) >= 11 is 0. The van der Waals surface area contributed by atoms with Crippen LogP contribution in [0.5, 0.6) is 0 Å². The Morgan fingerprint density at radius 3 is 2.28 bits per heavy atom. The molecule has 0 aromatic rings. The van der Waals surface area contributed by atoms with Gasteiger partial charge in [0.05, 0.1) is 0 Å². The van der Waals surface area contributed by atoms with E-state index in [2.05, 4.69) is 34.0 Å². The van der Waals surface area contributed by atoms with E-state index in [-0.39, 0.29) is 5.91 Å². The molecule has 2 aliphatic heterocycles. The number of nitrogens with zero attached hydrogens (tertiary/aromatic N) is 3. The summed E-state index contributed by atoms with van der Waals surface area (Å²) in [6.07, 6.45) is 6.82. The Hall–Kier alpha value is -0.650. The fraction of sp³-hybridized carbons (Fsp3) is 0.950. The van der Waals surface area contributed by atoms with E-state index in [0.717, 1.165) is 31.8 Å². The normalized spacial score (nSPS) is 21.8. The third kappa shape index (κ3) is 7.63. The van der Waals surface area contributed by atoms with Crippen LogP contribution in [-0.2, 0) is 4.79 Å². The SMILES string of the molecule is CCC(=O)NC1CCN(CCCN(C)CC2CCN(CC)CC2)CC1. The van der Waals surface area contributed by atoms with Crippen LogP contribution in [0, 0.1) is 5.92 Å². The molecule has 1 N–H and O–H groups in total. The van der Waals surface area contributed by atoms with Crippen molar-refractivity contribution >= 4 is 5.91 Å². The van der Waals surface area contributed by atoms with E-state index in [9.17, 15) is 4.79 Å². The van der Waals surface area contributed by atoms with Gasteiger partial charge in [-0.2, -0.15) is 0 Å². The molecule has 1 amide bonds. The molecule has 0 aromatic carbocycles. The molecule has 2 rings (SSSR count). The molecular weight excluding hydrogens is 312 g/mol. The maximum Gasteiger partial charge on any atom is 0.219 e. The van der Waals surface area contributed by atoms with E-state index in [1.54, 1.807) is 0 Å². The van der Waals surface area contributed by atoms with Crippen LogP contribution >= 0.6 is 0 Å². The van der Waals surface area contributed by atoms with Gasteiger partial charge >= 0.3 is 0 Å². The summed E-state index contributed by atoms with van der Waals surface area (Å²) in [5.41, 5.74) is 0. The van der Waals surface area contributed by atoms with Crippen molar-refractivity contribution in [3.8, 4) is 0 Å². The molecule has 25 heavy (non-hydrogen) atoms. The van der Waals surface area contributed by atoms with Crippen LogP contribution in [0.25, 0.3) is 0 Å². The molecule has 2 saturated heterocycles. The van der Waals surface area contributed by atoms with Crippen molar-refractivity contribution < 1.29 is 4.79 Å². The molecule has 0 spiro atoms. The number of carbonyl (C=O) groups excluding carboxylic acids is 1. The van der Waals surface area contributed by atoms with Crippen LogP contribution < -0.4 is 5.32 Å². The molecule has 0 radical (unpaired) electrons. The van der Waals surface area contributed by atoms with Crippen LogP contribution in [0.2, 0.25) is 0 Å². The van der Waals surface area contributed by atoms with Gasteiger partial charge < -0.3 is 20.0 Å². The first-order valence-electron chi connectivity index (χ1n) is 10.5. The fourth-order valence-electron chi connectivity index (χ4n) is 4.21. The Morgan fingerprint density at radius 2 is 1.68 bits per heavy atom. The maximum atomic E-state index is 11.5. The van der Waals surface area contributed by atoms with Gasteiger partial charge in [0.1, 0.15) is 0 Å². The summed E-state index contributed by atoms with van der Waals surface area (Å²) < 4.78 is 0. The van der Waals surface area contributed by atoms with Crippen LogP contribution in [0.3, 0.4) is 0 Å². The monoisotopic (exact) mass is 352 g/mol. The van der Waals surface area contributed by atoms with Crippen LogP contribution in [0.15, 0.2) is 0 Å². The van der Waals surface area contributed by atoms with Crippen molar-refractivity contribution in [3.05, 3.63) is 0 Å². The summed E-state index contributed by atoms with van der Waals surface area (Å²) in [5, 5.41) is 3.14. The Bertz CT molecular complexity index is 374. The minimum Gasteiger partial charge on any atom is -0.353 e. The lowest BCUT2D eigenvalue weighted by molar-refractivity contribution is -0.121. The third-order valence-electron chi connectivity index (χ3n) is 6.01. The molecule has 0 aliphatic carbocycles. The lowest BCUT2D eigenvalue weighted by Gasteiger charge is -2.34. The molecule has 0 aromatic heterocycles. The Morgan fingerprint density at radius 1 is 1.04 bits per heavy atom. The molecule has 0 unspecified atom stereocenters. The highest BCUT2D eigenvalue weighted by Crippen LogP contribution is 2.18. The van der Waals surface area contributed by atoms with Gasteiger partial charge in [-0.3, -0.25) is 4.79 Å². The van der Waals surface area contributed by atoms with Crippen molar-refractivity contribution in [1.82, 2.24) is 20.0 Å². The van der Waals surface area contributed by atoms with Crippen molar-refractivity contribution in [3.63, 3.8) is 0 Å². The average molecular weight is 353 g/mol. The molecule has 2 aliphatic rings. The number of likely N-dealkylation sites (tertiary alicyclic amines) is 2. The number of carbonyl (C=O) groups is 1. The maximum absolute atomic E-state index is 11.5. The Kier molecular flexibility index (Phi) is 9.21. The number of nitrogens with one attached hydrogen (secondary N) is 1. The van der Waals surface area contributed by atoms with Crippen LogP contribution in [0.1, 0.15) is 52.4 Å². The summed E-state index contributed by atoms with van der Waals surface area (Å²) in [4.78, 5) is 19.2. The molecule has 0 bridgehead atoms. The van der Waals surface area contributed by atoms with Crippen molar-refractivity contribution in [1.29, 1.82) is 0 Å². The molecule has 5 nitrogen and oxygen atoms in total. The molecule has 2 fully saturated rings. The minimum atomic E-state index is 0.199. The van der Waals surface area contributed by atoms with E-state index < -0.39 is 0 Å². The standard InChI is InChI=1S/C20H40N4O/c1-4-20(25)21-19-9-15-24(16-10-19)12-6-11-22(3)17-18-7-13-23(5-2)14-8-18/h18-19H,4-17H2,1-3H3,(H,21,25). The lowest BCUT2D eigenvalue weighted by atomic mass is 9.96. The number of rotatable bonds is 9. The van der Waals surface area contributed by atoms with Crippen molar-refractivity contribution in [2.75, 3.05) is 59.4 Å². The van der Waals surface area contributed by atoms with Crippen LogP contribution in [-0.4, -0.2) is 86.1 Å². The fourth-order valence-corrected chi connectivity index (χ4v) is 4.21. The van der Waals surface area contributed by atoms with Crippen LogP contribution in [0.4, 0.5) is 0 Å². The topological polar surface area (TPSA) is 38.8 Å². The third-order valence-corrected chi connectivity index (χ3v) is 6.01. The van der Waals surface area contributed by atoms with Crippen molar-refractivity contribution in [2.45, 2.75) is 58.4 Å². The predicted octanol–water partition coefficient (Wildman–Crippen LogP) is 2.03. The van der Waals surface area contributed by atoms with Gasteiger partial charge in [-0.1, -0.05) is 13.8 Å². The van der Waals surface area contributed by atoms with Gasteiger partial charge in [0, 0.05) is 32.1 Å². The van der Waals surface area contributed by atoms with Gasteiger partial charge in [0.2, 0.25) is 5.91 Å². The van der Waals surface area contributed by atoms with Crippen molar-refractivity contribution in [2.24, 2.45) is 5.92 Å². The lowest BCUT2D eigenvalue weighted by Crippen LogP contribution is -2.45. The second-order valence-corrected chi connectivity index (χ2v) is 8.03. The number of amides is 1. The zero-order valence-electron chi connectivity index (χ0n) is 16.8. The first kappa shape index (κ1) is 20.7. The highest BCUT2D eigenvalue weighted by molar-refractivity contribution is 5.75. The van der Waals surface area contributed by atoms with Gasteiger partial charge in [0.15, 0.2) is 0 Å². The number of hydrogen-bond donors (Lipinski definition) is 1. The van der Waals surface area contributed by atoms with Gasteiger partial charge in [0.25, 0.3) is 0 Å². The molecule has 146 valence electrons. The largest absolute Gasteiger partial charge is 0.353 e. The summed E-state index contributed by atoms with van der Waals surface area (Å²) in [5.74, 6) is 1.09. The van der Waals surface area contributed by atoms with E-state index >= 15 is 0 Å². The second kappa shape index (κ2) is 11.1. The van der Waals surface area contributed by atoms with Gasteiger partial charge in [-0.25, -0.2) is 0 Å². The first-order valence-corrected chi connectivity index (χ1v) is 10.5. The second-order valence-electron chi connectivity index (χ2n) is 8.03. The molecule has 2 heterocycles. The van der Waals surface area contributed by atoms with E-state index in [1.807, 2.05) is 6.92 Å². The quantitative estimate of drug-likeness (QED) is 0.689. The summed E-state index contributed by atoms with van der Waals surface area (Å²) in [7, 11) is 2.29. The molecular formula is C20H40N4O. The zero-order valence-corrected chi connectivity index (χ0v) is 16.8. The zero-order chi connectivity index (χ0) is 18.1. The summed E-state index contributed by atoms with van der Waals surface area (Å²) in [6, 6.07) is 0.403. The predicted molar refractivity (Wildman–Crippen MR) is 105 cm³/mol. The molecule has 5 heteroatoms. The Balaban J connectivity index is 1.52. The number of hydrogen-bond acceptors (Lipinski definition) is 4. The Labute approximate surface area is 155 Å². The number of piperidine rings is 2. The van der Waals surface area contributed by atoms with Gasteiger partial charge in [-0.15, -0.1) is 0 Å². The van der Waals surface area contributed by atoms with Gasteiger partial charge in [-0.05, 0) is 77.8 Å². The first-order chi connectivity index (χ1) is 12.1. The summed E-state index contributed by atoms with van der Waals surface area (Å²) in [6.45, 7) is 13.9. The smallest absolute Gasteiger partial charge is 0.219 e. The minimum absolute atomic E-state index is 0.199. The highest BCUT2D eigenvalue weighted by atomic mass is 16.1. The average Bonchev–Trinajstić information content (AvgIpc) is 2.63. The molecule has 0 atom stereocenters.